The van der Waals surface area contributed by atoms with Gasteiger partial charge < -0.3 is 9.47 Å². The zero-order valence-electron chi connectivity index (χ0n) is 13.3. The van der Waals surface area contributed by atoms with E-state index in [1.54, 1.807) is 18.7 Å². The van der Waals surface area contributed by atoms with Gasteiger partial charge in [0.25, 0.3) is 0 Å². The predicted molar refractivity (Wildman–Crippen MR) is 89.5 cm³/mol. The first-order valence-corrected chi connectivity index (χ1v) is 7.99. The van der Waals surface area contributed by atoms with E-state index in [1.807, 2.05) is 31.2 Å². The van der Waals surface area contributed by atoms with Crippen LogP contribution >= 0.6 is 11.3 Å². The van der Waals surface area contributed by atoms with Gasteiger partial charge in [0.05, 0.1) is 19.8 Å². The molecule has 0 fully saturated rings. The Morgan fingerprint density at radius 3 is 2.75 bits per heavy atom. The topological polar surface area (TPSA) is 90.2 Å². The molecule has 1 aromatic carbocycles. The number of benzene rings is 1. The number of hydrogen-bond donors (Lipinski definition) is 1. The largest absolute Gasteiger partial charge is 0.493 e. The van der Waals surface area contributed by atoms with Crippen LogP contribution in [-0.4, -0.2) is 44.2 Å². The lowest BCUT2D eigenvalue weighted by molar-refractivity contribution is 0.356. The highest BCUT2D eigenvalue weighted by Gasteiger charge is 2.19. The molecule has 1 N–H and O–H groups in total. The number of fused-ring (bicyclic) bond motifs is 1. The summed E-state index contributed by atoms with van der Waals surface area (Å²) in [5.74, 6) is 1.89. The minimum absolute atomic E-state index is 0.596. The maximum absolute atomic E-state index is 5.49. The van der Waals surface area contributed by atoms with Crippen molar-refractivity contribution in [3.05, 3.63) is 30.0 Å². The molecule has 0 saturated carbocycles. The van der Waals surface area contributed by atoms with Crippen molar-refractivity contribution in [1.82, 2.24) is 30.0 Å². The van der Waals surface area contributed by atoms with Gasteiger partial charge in [-0.15, -0.1) is 10.2 Å². The molecule has 122 valence electrons. The van der Waals surface area contributed by atoms with Crippen LogP contribution in [0.5, 0.6) is 11.5 Å². The number of H-pyrrole nitrogens is 1. The van der Waals surface area contributed by atoms with Gasteiger partial charge in [0.15, 0.2) is 16.5 Å². The molecule has 0 unspecified atom stereocenters. The van der Waals surface area contributed by atoms with Crippen molar-refractivity contribution >= 4 is 16.3 Å². The van der Waals surface area contributed by atoms with Gasteiger partial charge in [0, 0.05) is 5.69 Å². The van der Waals surface area contributed by atoms with Crippen LogP contribution < -0.4 is 9.47 Å². The molecule has 3 heterocycles. The molecule has 4 aromatic rings. The molecular formula is C15H14N6O2S. The highest BCUT2D eigenvalue weighted by molar-refractivity contribution is 7.19. The quantitative estimate of drug-likeness (QED) is 0.613. The molecular weight excluding hydrogens is 328 g/mol. The number of nitrogens with one attached hydrogen (secondary N) is 1. The van der Waals surface area contributed by atoms with Crippen molar-refractivity contribution in [1.29, 1.82) is 0 Å². The Hall–Kier alpha value is -2.94. The van der Waals surface area contributed by atoms with Gasteiger partial charge in [0.2, 0.25) is 10.8 Å². The van der Waals surface area contributed by atoms with Crippen LogP contribution in [0.1, 0.15) is 5.69 Å². The fourth-order valence-electron chi connectivity index (χ4n) is 2.47. The summed E-state index contributed by atoms with van der Waals surface area (Å²) in [4.78, 5) is 0.686. The first-order valence-electron chi connectivity index (χ1n) is 7.17. The zero-order chi connectivity index (χ0) is 16.7. The minimum Gasteiger partial charge on any atom is -0.493 e. The molecule has 0 saturated heterocycles. The number of rotatable bonds is 4. The molecule has 0 aliphatic rings. The fraction of sp³-hybridized carbons (Fsp3) is 0.200. The standard InChI is InChI=1S/C15H14N6O2S/c1-8-7-10(17-16-8)13-18-19-15-21(13)20-14(24-15)9-5-4-6-11(22-2)12(9)23-3/h4-7H,1-3H3,(H,16,17). The number of ether oxygens (including phenoxy) is 2. The molecule has 24 heavy (non-hydrogen) atoms. The monoisotopic (exact) mass is 342 g/mol. The maximum atomic E-state index is 5.49. The van der Waals surface area contributed by atoms with E-state index in [1.165, 1.54) is 11.3 Å². The summed E-state index contributed by atoms with van der Waals surface area (Å²) in [6.45, 7) is 1.93. The van der Waals surface area contributed by atoms with E-state index in [0.29, 0.717) is 28.0 Å². The van der Waals surface area contributed by atoms with Crippen LogP contribution in [0.2, 0.25) is 0 Å². The van der Waals surface area contributed by atoms with Crippen LogP contribution in [0, 0.1) is 6.92 Å². The Balaban J connectivity index is 1.87. The average molecular weight is 342 g/mol. The summed E-state index contributed by atoms with van der Waals surface area (Å²) in [7, 11) is 3.22. The smallest absolute Gasteiger partial charge is 0.235 e. The lowest BCUT2D eigenvalue weighted by Crippen LogP contribution is -1.94. The predicted octanol–water partition coefficient (Wildman–Crippen LogP) is 2.57. The van der Waals surface area contributed by atoms with E-state index in [9.17, 15) is 0 Å². The number of nitrogens with zero attached hydrogens (tertiary/aromatic N) is 5. The molecule has 9 heteroatoms. The number of aromatic amines is 1. The van der Waals surface area contributed by atoms with Gasteiger partial charge >= 0.3 is 0 Å². The minimum atomic E-state index is 0.596. The van der Waals surface area contributed by atoms with Crippen LogP contribution in [0.15, 0.2) is 24.3 Å². The number of aromatic nitrogens is 6. The summed E-state index contributed by atoms with van der Waals surface area (Å²) in [5, 5.41) is 20.9. The molecule has 0 bridgehead atoms. The second-order valence-corrected chi connectivity index (χ2v) is 6.06. The van der Waals surface area contributed by atoms with E-state index < -0.39 is 0 Å². The average Bonchev–Trinajstić information content (AvgIpc) is 3.29. The summed E-state index contributed by atoms with van der Waals surface area (Å²) < 4.78 is 12.5. The van der Waals surface area contributed by atoms with Crippen LogP contribution in [0.25, 0.3) is 27.1 Å². The van der Waals surface area contributed by atoms with Crippen molar-refractivity contribution in [2.24, 2.45) is 0 Å². The maximum Gasteiger partial charge on any atom is 0.235 e. The van der Waals surface area contributed by atoms with E-state index in [0.717, 1.165) is 16.3 Å². The Bertz CT molecular complexity index is 1020. The SMILES string of the molecule is COc1cccc(-c2nn3c(-c4cc(C)[nH]n4)nnc3s2)c1OC. The first kappa shape index (κ1) is 14.6. The summed E-state index contributed by atoms with van der Waals surface area (Å²) in [6, 6.07) is 7.59. The molecule has 0 spiro atoms. The van der Waals surface area contributed by atoms with Crippen molar-refractivity contribution in [3.63, 3.8) is 0 Å². The lowest BCUT2D eigenvalue weighted by Gasteiger charge is -2.10. The number of hydrogen-bond acceptors (Lipinski definition) is 7. The highest BCUT2D eigenvalue weighted by atomic mass is 32.1. The molecule has 3 aromatic heterocycles. The fourth-order valence-corrected chi connectivity index (χ4v) is 3.34. The van der Waals surface area contributed by atoms with Crippen LogP contribution in [0.3, 0.4) is 0 Å². The van der Waals surface area contributed by atoms with E-state index in [-0.39, 0.29) is 0 Å². The summed E-state index contributed by atoms with van der Waals surface area (Å²) in [5.41, 5.74) is 2.50. The van der Waals surface area contributed by atoms with Gasteiger partial charge in [0.1, 0.15) is 5.69 Å². The Morgan fingerprint density at radius 2 is 2.04 bits per heavy atom. The first-order chi connectivity index (χ1) is 11.7. The zero-order valence-corrected chi connectivity index (χ0v) is 14.1. The third-order valence-corrected chi connectivity index (χ3v) is 4.49. The lowest BCUT2D eigenvalue weighted by atomic mass is 10.2. The molecule has 0 atom stereocenters. The molecule has 8 nitrogen and oxygen atoms in total. The third kappa shape index (κ3) is 2.21. The molecule has 0 aliphatic heterocycles. The van der Waals surface area contributed by atoms with Crippen molar-refractivity contribution in [3.8, 4) is 33.6 Å². The summed E-state index contributed by atoms with van der Waals surface area (Å²) >= 11 is 1.43. The van der Waals surface area contributed by atoms with Crippen molar-refractivity contribution in [2.45, 2.75) is 6.92 Å². The van der Waals surface area contributed by atoms with Gasteiger partial charge in [-0.1, -0.05) is 17.4 Å². The van der Waals surface area contributed by atoms with Gasteiger partial charge in [-0.2, -0.15) is 14.7 Å². The van der Waals surface area contributed by atoms with Gasteiger partial charge in [-0.25, -0.2) is 0 Å². The Labute approximate surface area is 141 Å². The summed E-state index contributed by atoms with van der Waals surface area (Å²) in [6.07, 6.45) is 0. The van der Waals surface area contributed by atoms with E-state index >= 15 is 0 Å². The second kappa shape index (κ2) is 5.60. The normalized spacial score (nSPS) is 11.1. The van der Waals surface area contributed by atoms with Crippen LogP contribution in [-0.2, 0) is 0 Å². The van der Waals surface area contributed by atoms with Crippen molar-refractivity contribution in [2.75, 3.05) is 14.2 Å². The molecule has 0 amide bonds. The van der Waals surface area contributed by atoms with Gasteiger partial charge in [-0.3, -0.25) is 5.10 Å². The number of para-hydroxylation sites is 1. The number of methoxy groups -OCH3 is 2. The highest BCUT2D eigenvalue weighted by Crippen LogP contribution is 2.39. The molecule has 4 rings (SSSR count). The molecule has 0 aliphatic carbocycles. The van der Waals surface area contributed by atoms with E-state index in [2.05, 4.69) is 25.5 Å². The van der Waals surface area contributed by atoms with Gasteiger partial charge in [-0.05, 0) is 25.1 Å². The second-order valence-electron chi connectivity index (χ2n) is 5.10. The molecule has 0 radical (unpaired) electrons. The van der Waals surface area contributed by atoms with Crippen LogP contribution in [0.4, 0.5) is 0 Å². The van der Waals surface area contributed by atoms with Crippen molar-refractivity contribution < 1.29 is 9.47 Å². The Kier molecular flexibility index (Phi) is 3.42. The Morgan fingerprint density at radius 1 is 1.17 bits per heavy atom. The number of aryl methyl sites for hydroxylation is 1. The van der Waals surface area contributed by atoms with E-state index in [4.69, 9.17) is 9.47 Å². The third-order valence-electron chi connectivity index (χ3n) is 3.56.